The molecular weight excluding hydrogens is 489 g/mol. The maximum Gasteiger partial charge on any atom is 0.417 e. The van der Waals surface area contributed by atoms with Gasteiger partial charge in [-0.05, 0) is 41.8 Å². The molecule has 1 aromatic heterocycles. The number of anilines is 1. The zero-order valence-electron chi connectivity index (χ0n) is 17.9. The van der Waals surface area contributed by atoms with Crippen molar-refractivity contribution >= 4 is 38.1 Å². The molecule has 0 bridgehead atoms. The van der Waals surface area contributed by atoms with Crippen molar-refractivity contribution in [3.63, 3.8) is 0 Å². The predicted octanol–water partition coefficient (Wildman–Crippen LogP) is 5.11. The molecule has 0 atom stereocenters. The first kappa shape index (κ1) is 24.1. The topological polar surface area (TPSA) is 67.2 Å². The monoisotopic (exact) mass is 508 g/mol. The molecule has 1 heterocycles. The number of benzene rings is 3. The second-order valence-electron chi connectivity index (χ2n) is 7.61. The molecule has 178 valence electrons. The van der Waals surface area contributed by atoms with E-state index < -0.39 is 26.7 Å². The van der Waals surface area contributed by atoms with Crippen molar-refractivity contribution in [2.45, 2.75) is 11.1 Å². The third-order valence-electron chi connectivity index (χ3n) is 5.32. The fourth-order valence-electron chi connectivity index (χ4n) is 3.63. The third-order valence-corrected chi connectivity index (χ3v) is 7.08. The molecule has 1 N–H and O–H groups in total. The number of halogens is 4. The summed E-state index contributed by atoms with van der Waals surface area (Å²) in [6.07, 6.45) is 0.350. The zero-order valence-corrected chi connectivity index (χ0v) is 19.5. The van der Waals surface area contributed by atoms with Crippen LogP contribution in [0.4, 0.5) is 18.9 Å². The Bertz CT molecular complexity index is 1420. The molecule has 34 heavy (non-hydrogen) atoms. The van der Waals surface area contributed by atoms with Gasteiger partial charge in [0.2, 0.25) is 10.0 Å². The van der Waals surface area contributed by atoms with Crippen LogP contribution in [0.5, 0.6) is 0 Å². The molecule has 0 saturated carbocycles. The largest absolute Gasteiger partial charge is 0.417 e. The summed E-state index contributed by atoms with van der Waals surface area (Å²) in [6, 6.07) is 13.5. The molecule has 0 spiro atoms. The summed E-state index contributed by atoms with van der Waals surface area (Å²) in [5.41, 5.74) is 0.425. The Labute approximate surface area is 199 Å². The van der Waals surface area contributed by atoms with Crippen molar-refractivity contribution in [2.75, 3.05) is 25.0 Å². The molecular formula is C23H20ClF3N4O2S. The number of likely N-dealkylation sites (N-methyl/N-ethyl adjacent to an activating group) is 1. The summed E-state index contributed by atoms with van der Waals surface area (Å²) in [5.74, 6) is 0. The van der Waals surface area contributed by atoms with E-state index in [0.29, 0.717) is 5.02 Å². The van der Waals surface area contributed by atoms with Crippen LogP contribution in [0.3, 0.4) is 0 Å². The van der Waals surface area contributed by atoms with Crippen LogP contribution in [0.25, 0.3) is 16.5 Å². The quantitative estimate of drug-likeness (QED) is 0.376. The van der Waals surface area contributed by atoms with E-state index in [1.807, 2.05) is 28.8 Å². The van der Waals surface area contributed by atoms with Crippen molar-refractivity contribution in [2.24, 2.45) is 0 Å². The summed E-state index contributed by atoms with van der Waals surface area (Å²) < 4.78 is 69.0. The van der Waals surface area contributed by atoms with Crippen LogP contribution in [0.2, 0.25) is 5.02 Å². The van der Waals surface area contributed by atoms with E-state index in [1.165, 1.54) is 6.07 Å². The van der Waals surface area contributed by atoms with Gasteiger partial charge in [-0.2, -0.15) is 13.2 Å². The van der Waals surface area contributed by atoms with Gasteiger partial charge in [0.15, 0.2) is 0 Å². The first-order chi connectivity index (χ1) is 16.1. The van der Waals surface area contributed by atoms with Gasteiger partial charge in [-0.1, -0.05) is 29.8 Å². The highest BCUT2D eigenvalue weighted by molar-refractivity contribution is 7.89. The number of nitrogens with zero attached hydrogens (tertiary/aromatic N) is 3. The number of imidazole rings is 1. The second kappa shape index (κ2) is 9.28. The Hall–Kier alpha value is -3.08. The lowest BCUT2D eigenvalue weighted by atomic mass is 10.1. The molecule has 0 aliphatic rings. The normalized spacial score (nSPS) is 12.3. The standard InChI is InChI=1S/C23H20ClF3N4O2S/c1-30(10-9-29-34(32,33)22-5-3-2-4-20(22)23(25,26)27)18-13-16-12-17(24)6-7-19(16)21(14-18)31-11-8-28-15-31/h2-8,11-15,29H,9-10H2,1H3. The van der Waals surface area contributed by atoms with Crippen LogP contribution in [0, 0.1) is 0 Å². The predicted molar refractivity (Wildman–Crippen MR) is 126 cm³/mol. The number of sulfonamides is 1. The first-order valence-electron chi connectivity index (χ1n) is 10.1. The molecule has 0 aliphatic carbocycles. The fraction of sp³-hybridized carbons (Fsp3) is 0.174. The van der Waals surface area contributed by atoms with Gasteiger partial charge >= 0.3 is 6.18 Å². The average Bonchev–Trinajstić information content (AvgIpc) is 3.32. The van der Waals surface area contributed by atoms with Crippen molar-refractivity contribution in [1.29, 1.82) is 0 Å². The van der Waals surface area contributed by atoms with Crippen LogP contribution >= 0.6 is 11.6 Å². The Morgan fingerprint density at radius 1 is 1.12 bits per heavy atom. The highest BCUT2D eigenvalue weighted by Crippen LogP contribution is 2.34. The molecule has 4 rings (SSSR count). The maximum atomic E-state index is 13.2. The van der Waals surface area contributed by atoms with Gasteiger partial charge < -0.3 is 9.47 Å². The molecule has 3 aromatic carbocycles. The summed E-state index contributed by atoms with van der Waals surface area (Å²) in [7, 11) is -2.60. The Morgan fingerprint density at radius 2 is 1.88 bits per heavy atom. The number of nitrogens with one attached hydrogen (secondary N) is 1. The van der Waals surface area contributed by atoms with Crippen molar-refractivity contribution < 1.29 is 21.6 Å². The van der Waals surface area contributed by atoms with E-state index in [1.54, 1.807) is 36.7 Å². The molecule has 0 aliphatic heterocycles. The Kier molecular flexibility index (Phi) is 6.57. The van der Waals surface area contributed by atoms with Crippen LogP contribution in [-0.2, 0) is 16.2 Å². The zero-order chi connectivity index (χ0) is 24.5. The second-order valence-corrected chi connectivity index (χ2v) is 9.79. The Balaban J connectivity index is 1.56. The number of hydrogen-bond acceptors (Lipinski definition) is 4. The minimum absolute atomic E-state index is 0.0982. The molecule has 0 fully saturated rings. The fourth-order valence-corrected chi connectivity index (χ4v) is 5.06. The van der Waals surface area contributed by atoms with Crippen molar-refractivity contribution in [3.8, 4) is 5.69 Å². The van der Waals surface area contributed by atoms with Gasteiger partial charge in [-0.25, -0.2) is 18.1 Å². The summed E-state index contributed by atoms with van der Waals surface area (Å²) in [4.78, 5) is 5.10. The minimum Gasteiger partial charge on any atom is -0.373 e. The minimum atomic E-state index is -4.78. The summed E-state index contributed by atoms with van der Waals surface area (Å²) >= 11 is 6.18. The first-order valence-corrected chi connectivity index (χ1v) is 12.0. The van der Waals surface area contributed by atoms with Crippen LogP contribution in [-0.4, -0.2) is 38.1 Å². The van der Waals surface area contributed by atoms with Gasteiger partial charge in [0.25, 0.3) is 0 Å². The van der Waals surface area contributed by atoms with E-state index >= 15 is 0 Å². The lowest BCUT2D eigenvalue weighted by molar-refractivity contribution is -0.139. The van der Waals surface area contributed by atoms with E-state index in [0.717, 1.165) is 40.3 Å². The third kappa shape index (κ3) is 5.03. The number of fused-ring (bicyclic) bond motifs is 1. The highest BCUT2D eigenvalue weighted by Gasteiger charge is 2.36. The van der Waals surface area contributed by atoms with Crippen LogP contribution in [0.1, 0.15) is 5.56 Å². The molecule has 0 amide bonds. The smallest absolute Gasteiger partial charge is 0.373 e. The average molecular weight is 509 g/mol. The molecule has 11 heteroatoms. The number of alkyl halides is 3. The van der Waals surface area contributed by atoms with Crippen molar-refractivity contribution in [1.82, 2.24) is 14.3 Å². The molecule has 4 aromatic rings. The van der Waals surface area contributed by atoms with E-state index in [-0.39, 0.29) is 13.1 Å². The number of rotatable bonds is 7. The summed E-state index contributed by atoms with van der Waals surface area (Å²) in [6.45, 7) is 0.113. The lowest BCUT2D eigenvalue weighted by Crippen LogP contribution is -2.34. The van der Waals surface area contributed by atoms with Crippen LogP contribution in [0.15, 0.2) is 78.2 Å². The van der Waals surface area contributed by atoms with E-state index in [4.69, 9.17) is 11.6 Å². The van der Waals surface area contributed by atoms with Gasteiger partial charge in [0.1, 0.15) is 0 Å². The van der Waals surface area contributed by atoms with Gasteiger partial charge in [0, 0.05) is 48.6 Å². The molecule has 0 radical (unpaired) electrons. The van der Waals surface area contributed by atoms with Crippen LogP contribution < -0.4 is 9.62 Å². The highest BCUT2D eigenvalue weighted by atomic mass is 35.5. The number of aromatic nitrogens is 2. The number of hydrogen-bond donors (Lipinski definition) is 1. The van der Waals surface area contributed by atoms with Gasteiger partial charge in [-0.15, -0.1) is 0 Å². The molecule has 0 unspecified atom stereocenters. The SMILES string of the molecule is CN(CCNS(=O)(=O)c1ccccc1C(F)(F)F)c1cc(-n2ccnc2)c2ccc(Cl)cc2c1. The van der Waals surface area contributed by atoms with Crippen molar-refractivity contribution in [3.05, 3.63) is 83.9 Å². The molecule has 0 saturated heterocycles. The maximum absolute atomic E-state index is 13.2. The van der Waals surface area contributed by atoms with Gasteiger partial charge in [0.05, 0.1) is 22.5 Å². The Morgan fingerprint density at radius 3 is 2.59 bits per heavy atom. The molecule has 6 nitrogen and oxygen atoms in total. The summed E-state index contributed by atoms with van der Waals surface area (Å²) in [5, 5.41) is 2.39. The lowest BCUT2D eigenvalue weighted by Gasteiger charge is -2.22. The van der Waals surface area contributed by atoms with Gasteiger partial charge in [-0.3, -0.25) is 0 Å². The van der Waals surface area contributed by atoms with E-state index in [2.05, 4.69) is 9.71 Å². The van der Waals surface area contributed by atoms with E-state index in [9.17, 15) is 21.6 Å².